The zero-order chi connectivity index (χ0) is 12.5. The van der Waals surface area contributed by atoms with E-state index in [0.717, 1.165) is 19.4 Å². The van der Waals surface area contributed by atoms with Gasteiger partial charge in [0.2, 0.25) is 0 Å². The number of hydrogen-bond donors (Lipinski definition) is 2. The van der Waals surface area contributed by atoms with Crippen LogP contribution in [-0.4, -0.2) is 23.8 Å². The number of hydrogen-bond acceptors (Lipinski definition) is 2. The lowest BCUT2D eigenvalue weighted by Crippen LogP contribution is -2.38. The summed E-state index contributed by atoms with van der Waals surface area (Å²) < 4.78 is 0. The van der Waals surface area contributed by atoms with Gasteiger partial charge in [0, 0.05) is 12.6 Å². The van der Waals surface area contributed by atoms with Crippen LogP contribution in [0.4, 0.5) is 0 Å². The van der Waals surface area contributed by atoms with Crippen molar-refractivity contribution in [2.75, 3.05) is 6.54 Å². The van der Waals surface area contributed by atoms with Crippen LogP contribution in [0.2, 0.25) is 0 Å². The number of aliphatic hydroxyl groups excluding tert-OH is 1. The van der Waals surface area contributed by atoms with Gasteiger partial charge in [0.25, 0.3) is 0 Å². The average molecular weight is 241 g/mol. The van der Waals surface area contributed by atoms with Crippen molar-refractivity contribution in [3.8, 4) is 0 Å². The lowest BCUT2D eigenvalue weighted by Gasteiger charge is -2.25. The molecule has 1 saturated carbocycles. The van der Waals surface area contributed by atoms with Gasteiger partial charge in [0.05, 0.1) is 6.10 Å². The molecular weight excluding hydrogens is 210 g/mol. The molecule has 1 rings (SSSR count). The first-order chi connectivity index (χ1) is 8.27. The van der Waals surface area contributed by atoms with E-state index in [0.29, 0.717) is 12.0 Å². The highest BCUT2D eigenvalue weighted by Gasteiger charge is 2.17. The van der Waals surface area contributed by atoms with E-state index in [-0.39, 0.29) is 6.10 Å². The van der Waals surface area contributed by atoms with E-state index in [1.54, 1.807) is 0 Å². The van der Waals surface area contributed by atoms with E-state index in [1.165, 1.54) is 44.9 Å². The second kappa shape index (κ2) is 8.93. The molecule has 0 bridgehead atoms. The monoisotopic (exact) mass is 241 g/mol. The highest BCUT2D eigenvalue weighted by Crippen LogP contribution is 2.18. The first-order valence-corrected chi connectivity index (χ1v) is 7.69. The van der Waals surface area contributed by atoms with Gasteiger partial charge in [0.1, 0.15) is 0 Å². The fourth-order valence-corrected chi connectivity index (χ4v) is 2.95. The van der Waals surface area contributed by atoms with E-state index < -0.39 is 0 Å². The molecule has 1 atom stereocenters. The second-order valence-corrected chi connectivity index (χ2v) is 5.59. The molecule has 0 radical (unpaired) electrons. The highest BCUT2D eigenvalue weighted by atomic mass is 16.3. The van der Waals surface area contributed by atoms with Gasteiger partial charge in [-0.05, 0) is 18.8 Å². The number of nitrogens with one attached hydrogen (secondary N) is 1. The molecule has 102 valence electrons. The molecule has 0 aliphatic heterocycles. The maximum Gasteiger partial charge on any atom is 0.0692 e. The summed E-state index contributed by atoms with van der Waals surface area (Å²) in [4.78, 5) is 0. The largest absolute Gasteiger partial charge is 0.392 e. The van der Waals surface area contributed by atoms with Crippen LogP contribution in [0, 0.1) is 5.92 Å². The Morgan fingerprint density at radius 1 is 1.00 bits per heavy atom. The predicted molar refractivity (Wildman–Crippen MR) is 74.2 cm³/mol. The number of rotatable bonds is 6. The molecule has 0 amide bonds. The van der Waals surface area contributed by atoms with Crippen LogP contribution >= 0.6 is 0 Å². The summed E-state index contributed by atoms with van der Waals surface area (Å²) in [6.07, 6.45) is 11.6. The SMILES string of the molecule is CCC(CC)C(O)CNC1CCCCCCC1. The molecule has 1 unspecified atom stereocenters. The standard InChI is InChI=1S/C15H31NO/c1-3-13(4-2)15(17)12-16-14-10-8-6-5-7-9-11-14/h13-17H,3-12H2,1-2H3. The Hall–Kier alpha value is -0.0800. The molecule has 1 aliphatic carbocycles. The maximum atomic E-state index is 10.1. The zero-order valence-electron chi connectivity index (χ0n) is 11.8. The smallest absolute Gasteiger partial charge is 0.0692 e. The molecule has 0 aromatic heterocycles. The van der Waals surface area contributed by atoms with Crippen molar-refractivity contribution < 1.29 is 5.11 Å². The molecule has 0 heterocycles. The van der Waals surface area contributed by atoms with E-state index in [4.69, 9.17) is 0 Å². The predicted octanol–water partition coefficient (Wildman–Crippen LogP) is 3.49. The lowest BCUT2D eigenvalue weighted by atomic mass is 9.94. The molecule has 0 aromatic rings. The van der Waals surface area contributed by atoms with Gasteiger partial charge in [-0.2, -0.15) is 0 Å². The van der Waals surface area contributed by atoms with E-state index in [9.17, 15) is 5.11 Å². The van der Waals surface area contributed by atoms with E-state index >= 15 is 0 Å². The van der Waals surface area contributed by atoms with Crippen LogP contribution in [-0.2, 0) is 0 Å². The normalized spacial score (nSPS) is 21.2. The summed E-state index contributed by atoms with van der Waals surface area (Å²) in [7, 11) is 0. The second-order valence-electron chi connectivity index (χ2n) is 5.59. The topological polar surface area (TPSA) is 32.3 Å². The van der Waals surface area contributed by atoms with E-state index in [1.807, 2.05) is 0 Å². The summed E-state index contributed by atoms with van der Waals surface area (Å²) >= 11 is 0. The van der Waals surface area contributed by atoms with Gasteiger partial charge in [0.15, 0.2) is 0 Å². The Balaban J connectivity index is 2.22. The Labute approximate surface area is 107 Å². The minimum Gasteiger partial charge on any atom is -0.392 e. The molecule has 2 nitrogen and oxygen atoms in total. The Morgan fingerprint density at radius 2 is 1.53 bits per heavy atom. The van der Waals surface area contributed by atoms with Crippen LogP contribution in [0.15, 0.2) is 0 Å². The minimum atomic E-state index is -0.157. The van der Waals surface area contributed by atoms with Crippen LogP contribution in [0.1, 0.15) is 71.6 Å². The van der Waals surface area contributed by atoms with Crippen molar-refractivity contribution >= 4 is 0 Å². The quantitative estimate of drug-likeness (QED) is 0.746. The molecule has 0 spiro atoms. The highest BCUT2D eigenvalue weighted by molar-refractivity contribution is 4.74. The van der Waals surface area contributed by atoms with Gasteiger partial charge < -0.3 is 10.4 Å². The minimum absolute atomic E-state index is 0.157. The summed E-state index contributed by atoms with van der Waals surface area (Å²) in [5.41, 5.74) is 0. The van der Waals surface area contributed by atoms with Gasteiger partial charge in [-0.3, -0.25) is 0 Å². The zero-order valence-corrected chi connectivity index (χ0v) is 11.8. The summed E-state index contributed by atoms with van der Waals surface area (Å²) in [6, 6.07) is 0.652. The van der Waals surface area contributed by atoms with Crippen molar-refractivity contribution in [2.24, 2.45) is 5.92 Å². The first-order valence-electron chi connectivity index (χ1n) is 7.69. The van der Waals surface area contributed by atoms with Crippen molar-refractivity contribution in [3.63, 3.8) is 0 Å². The third-order valence-electron chi connectivity index (χ3n) is 4.31. The van der Waals surface area contributed by atoms with Crippen molar-refractivity contribution in [2.45, 2.75) is 83.8 Å². The van der Waals surface area contributed by atoms with Crippen LogP contribution < -0.4 is 5.32 Å². The van der Waals surface area contributed by atoms with Crippen molar-refractivity contribution in [1.29, 1.82) is 0 Å². The third-order valence-corrected chi connectivity index (χ3v) is 4.31. The summed E-state index contributed by atoms with van der Waals surface area (Å²) in [5, 5.41) is 13.7. The molecule has 1 aliphatic rings. The van der Waals surface area contributed by atoms with Crippen molar-refractivity contribution in [1.82, 2.24) is 5.32 Å². The fraction of sp³-hybridized carbons (Fsp3) is 1.00. The Bertz CT molecular complexity index is 172. The van der Waals surface area contributed by atoms with E-state index in [2.05, 4.69) is 19.2 Å². The van der Waals surface area contributed by atoms with Gasteiger partial charge >= 0.3 is 0 Å². The van der Waals surface area contributed by atoms with Crippen LogP contribution in [0.3, 0.4) is 0 Å². The van der Waals surface area contributed by atoms with Crippen LogP contribution in [0.25, 0.3) is 0 Å². The maximum absolute atomic E-state index is 10.1. The molecular formula is C15H31NO. The average Bonchev–Trinajstić information content (AvgIpc) is 2.29. The molecule has 17 heavy (non-hydrogen) atoms. The van der Waals surface area contributed by atoms with Gasteiger partial charge in [-0.25, -0.2) is 0 Å². The summed E-state index contributed by atoms with van der Waals surface area (Å²) in [6.45, 7) is 5.14. The van der Waals surface area contributed by atoms with Gasteiger partial charge in [-0.1, -0.05) is 58.8 Å². The summed E-state index contributed by atoms with van der Waals surface area (Å²) in [5.74, 6) is 0.469. The molecule has 2 heteroatoms. The Kier molecular flexibility index (Phi) is 7.87. The van der Waals surface area contributed by atoms with Crippen molar-refractivity contribution in [3.05, 3.63) is 0 Å². The molecule has 0 saturated heterocycles. The van der Waals surface area contributed by atoms with Crippen LogP contribution in [0.5, 0.6) is 0 Å². The van der Waals surface area contributed by atoms with Gasteiger partial charge in [-0.15, -0.1) is 0 Å². The molecule has 2 N–H and O–H groups in total. The fourth-order valence-electron chi connectivity index (χ4n) is 2.95. The number of aliphatic hydroxyl groups is 1. The molecule has 1 fully saturated rings. The first kappa shape index (κ1) is 15.0. The third kappa shape index (κ3) is 5.87. The lowest BCUT2D eigenvalue weighted by molar-refractivity contribution is 0.0969. The Morgan fingerprint density at radius 3 is 2.06 bits per heavy atom. The molecule has 0 aromatic carbocycles.